The van der Waals surface area contributed by atoms with Gasteiger partial charge in [0.05, 0.1) is 0 Å². The third-order valence-electron chi connectivity index (χ3n) is 3.24. The molecule has 8 nitrogen and oxygen atoms in total. The summed E-state index contributed by atoms with van der Waals surface area (Å²) in [7, 11) is 0. The molecule has 0 spiro atoms. The van der Waals surface area contributed by atoms with Gasteiger partial charge in [0.15, 0.2) is 0 Å². The van der Waals surface area contributed by atoms with Gasteiger partial charge in [-0.2, -0.15) is 0 Å². The van der Waals surface area contributed by atoms with Gasteiger partial charge in [0.2, 0.25) is 0 Å². The molecule has 1 aliphatic heterocycles. The Kier molecular flexibility index (Phi) is 6.23. The van der Waals surface area contributed by atoms with E-state index in [1.807, 2.05) is 0 Å². The van der Waals surface area contributed by atoms with E-state index in [4.69, 9.17) is 15.3 Å². The van der Waals surface area contributed by atoms with Crippen molar-refractivity contribution in [1.82, 2.24) is 9.80 Å². The number of carbonyl (C=O) groups is 3. The standard InChI is InChI=1S/C12H20N2O6/c15-6-2-4-9-3-1-5-14(9)12(20)13(7-10(16)17)8-11(18)19/h9,15H,1-8H2,(H,16,17)(H,18,19). The second-order valence-corrected chi connectivity index (χ2v) is 4.78. The van der Waals surface area contributed by atoms with Gasteiger partial charge in [-0.15, -0.1) is 0 Å². The molecule has 1 atom stereocenters. The van der Waals surface area contributed by atoms with Crippen LogP contribution in [0.5, 0.6) is 0 Å². The van der Waals surface area contributed by atoms with Crippen LogP contribution in [0.15, 0.2) is 0 Å². The van der Waals surface area contributed by atoms with Crippen molar-refractivity contribution in [3.8, 4) is 0 Å². The zero-order chi connectivity index (χ0) is 15.1. The SMILES string of the molecule is O=C(O)CN(CC(=O)O)C(=O)N1CCCC1CCCO. The monoisotopic (exact) mass is 288 g/mol. The second-order valence-electron chi connectivity index (χ2n) is 4.78. The van der Waals surface area contributed by atoms with E-state index in [-0.39, 0.29) is 12.6 Å². The number of nitrogens with zero attached hydrogens (tertiary/aromatic N) is 2. The van der Waals surface area contributed by atoms with Gasteiger partial charge < -0.3 is 25.1 Å². The van der Waals surface area contributed by atoms with Crippen LogP contribution in [0.3, 0.4) is 0 Å². The van der Waals surface area contributed by atoms with Gasteiger partial charge in [-0.25, -0.2) is 4.79 Å². The van der Waals surface area contributed by atoms with Crippen molar-refractivity contribution in [2.45, 2.75) is 31.7 Å². The van der Waals surface area contributed by atoms with E-state index in [1.165, 1.54) is 4.90 Å². The van der Waals surface area contributed by atoms with E-state index in [2.05, 4.69) is 0 Å². The minimum absolute atomic E-state index is 0.0342. The van der Waals surface area contributed by atoms with Crippen molar-refractivity contribution in [3.05, 3.63) is 0 Å². The molecule has 8 heteroatoms. The topological polar surface area (TPSA) is 118 Å². The number of hydrogen-bond acceptors (Lipinski definition) is 4. The number of hydrogen-bond donors (Lipinski definition) is 3. The summed E-state index contributed by atoms with van der Waals surface area (Å²) in [4.78, 5) is 36.0. The van der Waals surface area contributed by atoms with Crippen LogP contribution in [-0.4, -0.2) is 75.4 Å². The molecule has 2 amide bonds. The van der Waals surface area contributed by atoms with Gasteiger partial charge in [-0.3, -0.25) is 9.59 Å². The Balaban J connectivity index is 2.71. The number of carboxylic acid groups (broad SMARTS) is 2. The quantitative estimate of drug-likeness (QED) is 0.597. The number of likely N-dealkylation sites (tertiary alicyclic amines) is 1. The lowest BCUT2D eigenvalue weighted by molar-refractivity contribution is -0.140. The zero-order valence-corrected chi connectivity index (χ0v) is 11.2. The first-order valence-corrected chi connectivity index (χ1v) is 6.55. The van der Waals surface area contributed by atoms with Gasteiger partial charge in [-0.05, 0) is 25.7 Å². The van der Waals surface area contributed by atoms with Gasteiger partial charge in [0.1, 0.15) is 13.1 Å². The summed E-state index contributed by atoms with van der Waals surface area (Å²) in [5, 5.41) is 26.3. The summed E-state index contributed by atoms with van der Waals surface area (Å²) in [6.45, 7) is -0.736. The van der Waals surface area contributed by atoms with Gasteiger partial charge in [0, 0.05) is 19.2 Å². The van der Waals surface area contributed by atoms with E-state index in [0.29, 0.717) is 19.4 Å². The average molecular weight is 288 g/mol. The fourth-order valence-corrected chi connectivity index (χ4v) is 2.41. The normalized spacial score (nSPS) is 18.1. The molecule has 0 saturated carbocycles. The number of carboxylic acids is 2. The van der Waals surface area contributed by atoms with E-state index in [0.717, 1.165) is 17.7 Å². The minimum Gasteiger partial charge on any atom is -0.480 e. The van der Waals surface area contributed by atoms with E-state index in [1.54, 1.807) is 0 Å². The Morgan fingerprint density at radius 2 is 1.75 bits per heavy atom. The lowest BCUT2D eigenvalue weighted by atomic mass is 10.1. The number of aliphatic carboxylic acids is 2. The van der Waals surface area contributed by atoms with Crippen LogP contribution in [0, 0.1) is 0 Å². The van der Waals surface area contributed by atoms with Crippen LogP contribution in [0.25, 0.3) is 0 Å². The maximum atomic E-state index is 12.3. The smallest absolute Gasteiger partial charge is 0.323 e. The Morgan fingerprint density at radius 3 is 2.25 bits per heavy atom. The molecular formula is C12H20N2O6. The van der Waals surface area contributed by atoms with Crippen LogP contribution >= 0.6 is 0 Å². The van der Waals surface area contributed by atoms with Crippen LogP contribution in [0.2, 0.25) is 0 Å². The Labute approximate surface area is 116 Å². The number of rotatable bonds is 7. The zero-order valence-electron chi connectivity index (χ0n) is 11.2. The highest BCUT2D eigenvalue weighted by atomic mass is 16.4. The van der Waals surface area contributed by atoms with E-state index in [9.17, 15) is 14.4 Å². The highest BCUT2D eigenvalue weighted by Crippen LogP contribution is 2.22. The molecule has 1 aliphatic rings. The molecule has 3 N–H and O–H groups in total. The molecule has 114 valence electrons. The van der Waals surface area contributed by atoms with Crippen LogP contribution < -0.4 is 0 Å². The maximum absolute atomic E-state index is 12.3. The second kappa shape index (κ2) is 7.68. The summed E-state index contributed by atoms with van der Waals surface area (Å²) < 4.78 is 0. The summed E-state index contributed by atoms with van der Waals surface area (Å²) in [5.74, 6) is -2.49. The molecular weight excluding hydrogens is 268 g/mol. The van der Waals surface area contributed by atoms with Crippen molar-refractivity contribution in [2.75, 3.05) is 26.2 Å². The van der Waals surface area contributed by atoms with Crippen molar-refractivity contribution in [2.24, 2.45) is 0 Å². The van der Waals surface area contributed by atoms with Crippen molar-refractivity contribution in [1.29, 1.82) is 0 Å². The largest absolute Gasteiger partial charge is 0.480 e. The molecule has 1 saturated heterocycles. The van der Waals surface area contributed by atoms with E-state index < -0.39 is 31.1 Å². The third-order valence-corrected chi connectivity index (χ3v) is 3.24. The summed E-state index contributed by atoms with van der Waals surface area (Å²) in [6, 6.07) is -0.616. The molecule has 0 aromatic rings. The highest BCUT2D eigenvalue weighted by Gasteiger charge is 2.32. The Bertz CT molecular complexity index is 357. The van der Waals surface area contributed by atoms with Gasteiger partial charge >= 0.3 is 18.0 Å². The molecule has 0 radical (unpaired) electrons. The third kappa shape index (κ3) is 4.69. The van der Waals surface area contributed by atoms with E-state index >= 15 is 0 Å². The first-order valence-electron chi connectivity index (χ1n) is 6.55. The lowest BCUT2D eigenvalue weighted by Gasteiger charge is -2.30. The summed E-state index contributed by atoms with van der Waals surface area (Å²) in [5.41, 5.74) is 0. The van der Waals surface area contributed by atoms with Gasteiger partial charge in [0.25, 0.3) is 0 Å². The summed E-state index contributed by atoms with van der Waals surface area (Å²) in [6.07, 6.45) is 2.79. The molecule has 0 aliphatic carbocycles. The number of amides is 2. The molecule has 1 rings (SSSR count). The molecule has 0 aromatic heterocycles. The number of carbonyl (C=O) groups excluding carboxylic acids is 1. The molecule has 1 heterocycles. The van der Waals surface area contributed by atoms with Crippen LogP contribution in [-0.2, 0) is 9.59 Å². The van der Waals surface area contributed by atoms with Crippen LogP contribution in [0.4, 0.5) is 4.79 Å². The average Bonchev–Trinajstić information content (AvgIpc) is 2.81. The number of urea groups is 1. The molecule has 20 heavy (non-hydrogen) atoms. The Hall–Kier alpha value is -1.83. The minimum atomic E-state index is -1.24. The van der Waals surface area contributed by atoms with Gasteiger partial charge in [-0.1, -0.05) is 0 Å². The predicted molar refractivity (Wildman–Crippen MR) is 68.3 cm³/mol. The molecule has 0 aromatic carbocycles. The lowest BCUT2D eigenvalue weighted by Crippen LogP contribution is -2.49. The fraction of sp³-hybridized carbons (Fsp3) is 0.750. The van der Waals surface area contributed by atoms with Crippen molar-refractivity contribution < 1.29 is 29.7 Å². The predicted octanol–water partition coefficient (Wildman–Crippen LogP) is -0.185. The number of aliphatic hydroxyl groups is 1. The summed E-state index contributed by atoms with van der Waals surface area (Å²) >= 11 is 0. The number of aliphatic hydroxyl groups excluding tert-OH is 1. The molecule has 0 bridgehead atoms. The first kappa shape index (κ1) is 16.2. The maximum Gasteiger partial charge on any atom is 0.323 e. The van der Waals surface area contributed by atoms with Crippen molar-refractivity contribution >= 4 is 18.0 Å². The molecule has 1 unspecified atom stereocenters. The Morgan fingerprint density at radius 1 is 1.15 bits per heavy atom. The highest BCUT2D eigenvalue weighted by molar-refractivity contribution is 5.84. The van der Waals surface area contributed by atoms with Crippen molar-refractivity contribution in [3.63, 3.8) is 0 Å². The van der Waals surface area contributed by atoms with Crippen LogP contribution in [0.1, 0.15) is 25.7 Å². The fourth-order valence-electron chi connectivity index (χ4n) is 2.41. The molecule has 1 fully saturated rings. The first-order chi connectivity index (χ1) is 9.45.